The number of carbonyl (C=O) groups excluding carboxylic acids is 1. The van der Waals surface area contributed by atoms with E-state index in [1.165, 1.54) is 0 Å². The Morgan fingerprint density at radius 2 is 2.22 bits per heavy atom. The number of rotatable bonds is 7. The fourth-order valence-electron chi connectivity index (χ4n) is 1.52. The first-order valence-corrected chi connectivity index (χ1v) is 7.20. The van der Waals surface area contributed by atoms with Crippen LogP contribution in [0.4, 0.5) is 5.69 Å². The van der Waals surface area contributed by atoms with Crippen LogP contribution in [0.2, 0.25) is 0 Å². The van der Waals surface area contributed by atoms with Crippen LogP contribution in [0.1, 0.15) is 12.0 Å². The molecule has 0 aliphatic rings. The summed E-state index contributed by atoms with van der Waals surface area (Å²) in [6.07, 6.45) is 2.68. The Bertz CT molecular complexity index is 385. The van der Waals surface area contributed by atoms with E-state index in [4.69, 9.17) is 10.5 Å². The molecule has 0 saturated heterocycles. The van der Waals surface area contributed by atoms with Crippen LogP contribution in [-0.4, -0.2) is 31.1 Å². The van der Waals surface area contributed by atoms with Gasteiger partial charge in [0.2, 0.25) is 5.91 Å². The van der Waals surface area contributed by atoms with Gasteiger partial charge >= 0.3 is 0 Å². The summed E-state index contributed by atoms with van der Waals surface area (Å²) in [7, 11) is 1.63. The molecule has 0 radical (unpaired) electrons. The van der Waals surface area contributed by atoms with Gasteiger partial charge in [-0.25, -0.2) is 0 Å². The molecule has 18 heavy (non-hydrogen) atoms. The highest BCUT2D eigenvalue weighted by molar-refractivity contribution is 7.98. The van der Waals surface area contributed by atoms with Gasteiger partial charge in [0, 0.05) is 18.4 Å². The smallest absolute Gasteiger partial charge is 0.241 e. The number of methoxy groups -OCH3 is 1. The van der Waals surface area contributed by atoms with Crippen LogP contribution in [-0.2, 0) is 16.1 Å². The van der Waals surface area contributed by atoms with Gasteiger partial charge in [0.05, 0.1) is 12.6 Å². The second-order valence-electron chi connectivity index (χ2n) is 3.97. The van der Waals surface area contributed by atoms with Gasteiger partial charge in [0.25, 0.3) is 0 Å². The van der Waals surface area contributed by atoms with E-state index < -0.39 is 6.04 Å². The predicted molar refractivity (Wildman–Crippen MR) is 76.8 cm³/mol. The number of amides is 1. The SMILES string of the molecule is COCc1ccccc1NC(=O)[C@@H](N)CCSC. The Hall–Kier alpha value is -1.04. The molecule has 0 spiro atoms. The number of para-hydroxylation sites is 1. The highest BCUT2D eigenvalue weighted by atomic mass is 32.2. The van der Waals surface area contributed by atoms with E-state index in [1.54, 1.807) is 18.9 Å². The lowest BCUT2D eigenvalue weighted by atomic mass is 10.1. The van der Waals surface area contributed by atoms with Gasteiger partial charge in [-0.3, -0.25) is 4.79 Å². The lowest BCUT2D eigenvalue weighted by molar-refractivity contribution is -0.117. The van der Waals surface area contributed by atoms with E-state index in [0.29, 0.717) is 13.0 Å². The number of carbonyl (C=O) groups is 1. The number of nitrogens with two attached hydrogens (primary N) is 1. The van der Waals surface area contributed by atoms with Crippen molar-refractivity contribution in [3.05, 3.63) is 29.8 Å². The summed E-state index contributed by atoms with van der Waals surface area (Å²) in [5, 5.41) is 2.85. The Kier molecular flexibility index (Phi) is 6.78. The average Bonchev–Trinajstić information content (AvgIpc) is 2.38. The summed E-state index contributed by atoms with van der Waals surface area (Å²) in [5.41, 5.74) is 7.54. The molecule has 1 rings (SSSR count). The molecule has 0 saturated carbocycles. The molecule has 0 aromatic heterocycles. The highest BCUT2D eigenvalue weighted by Crippen LogP contribution is 2.16. The van der Waals surface area contributed by atoms with Crippen LogP contribution in [0.3, 0.4) is 0 Å². The van der Waals surface area contributed by atoms with Crippen molar-refractivity contribution in [3.8, 4) is 0 Å². The number of nitrogens with one attached hydrogen (secondary N) is 1. The molecule has 100 valence electrons. The maximum Gasteiger partial charge on any atom is 0.241 e. The second-order valence-corrected chi connectivity index (χ2v) is 4.95. The van der Waals surface area contributed by atoms with Crippen LogP contribution in [0.15, 0.2) is 24.3 Å². The summed E-state index contributed by atoms with van der Waals surface area (Å²) in [6.45, 7) is 0.469. The molecule has 1 aromatic rings. The van der Waals surface area contributed by atoms with Gasteiger partial charge in [-0.05, 0) is 24.5 Å². The zero-order valence-corrected chi connectivity index (χ0v) is 11.6. The molecule has 1 atom stereocenters. The zero-order chi connectivity index (χ0) is 13.4. The Morgan fingerprint density at radius 1 is 1.50 bits per heavy atom. The Morgan fingerprint density at radius 3 is 2.89 bits per heavy atom. The first kappa shape index (κ1) is 15.0. The van der Waals surface area contributed by atoms with Crippen LogP contribution in [0, 0.1) is 0 Å². The molecule has 0 bridgehead atoms. The molecule has 0 aliphatic carbocycles. The third kappa shape index (κ3) is 4.68. The van der Waals surface area contributed by atoms with E-state index in [-0.39, 0.29) is 5.91 Å². The van der Waals surface area contributed by atoms with Crippen LogP contribution >= 0.6 is 11.8 Å². The number of hydrogen-bond acceptors (Lipinski definition) is 4. The molecular formula is C13H20N2O2S. The summed E-state index contributed by atoms with van der Waals surface area (Å²) < 4.78 is 5.09. The molecule has 4 nitrogen and oxygen atoms in total. The quantitative estimate of drug-likeness (QED) is 0.792. The molecule has 0 aliphatic heterocycles. The largest absolute Gasteiger partial charge is 0.380 e. The van der Waals surface area contributed by atoms with Crippen LogP contribution in [0.5, 0.6) is 0 Å². The van der Waals surface area contributed by atoms with E-state index >= 15 is 0 Å². The van der Waals surface area contributed by atoms with Crippen molar-refractivity contribution >= 4 is 23.4 Å². The van der Waals surface area contributed by atoms with Crippen LogP contribution in [0.25, 0.3) is 0 Å². The number of hydrogen-bond donors (Lipinski definition) is 2. The standard InChI is InChI=1S/C13H20N2O2S/c1-17-9-10-5-3-4-6-12(10)15-13(16)11(14)7-8-18-2/h3-6,11H,7-9,14H2,1-2H3,(H,15,16)/t11-/m0/s1. The molecule has 0 heterocycles. The topological polar surface area (TPSA) is 64.3 Å². The van der Waals surface area contributed by atoms with Gasteiger partial charge in [0.1, 0.15) is 0 Å². The Balaban J connectivity index is 2.63. The maximum absolute atomic E-state index is 11.9. The normalized spacial score (nSPS) is 12.2. The molecule has 1 aromatic carbocycles. The van der Waals surface area contributed by atoms with E-state index in [0.717, 1.165) is 17.0 Å². The lowest BCUT2D eigenvalue weighted by Gasteiger charge is -2.14. The van der Waals surface area contributed by atoms with Gasteiger partial charge < -0.3 is 15.8 Å². The number of benzene rings is 1. The summed E-state index contributed by atoms with van der Waals surface area (Å²) in [4.78, 5) is 11.9. The zero-order valence-electron chi connectivity index (χ0n) is 10.8. The summed E-state index contributed by atoms with van der Waals surface area (Å²) in [6, 6.07) is 7.10. The van der Waals surface area contributed by atoms with Crippen molar-refractivity contribution in [2.24, 2.45) is 5.73 Å². The van der Waals surface area contributed by atoms with E-state index in [1.807, 2.05) is 30.5 Å². The number of anilines is 1. The van der Waals surface area contributed by atoms with E-state index in [2.05, 4.69) is 5.32 Å². The third-order valence-electron chi connectivity index (χ3n) is 2.54. The van der Waals surface area contributed by atoms with Crippen molar-refractivity contribution in [2.75, 3.05) is 24.4 Å². The molecule has 0 fully saturated rings. The minimum Gasteiger partial charge on any atom is -0.380 e. The monoisotopic (exact) mass is 268 g/mol. The molecule has 1 amide bonds. The van der Waals surface area contributed by atoms with Crippen molar-refractivity contribution < 1.29 is 9.53 Å². The van der Waals surface area contributed by atoms with E-state index in [9.17, 15) is 4.79 Å². The van der Waals surface area contributed by atoms with Crippen LogP contribution < -0.4 is 11.1 Å². The van der Waals surface area contributed by atoms with Crippen molar-refractivity contribution in [3.63, 3.8) is 0 Å². The van der Waals surface area contributed by atoms with Gasteiger partial charge in [-0.2, -0.15) is 11.8 Å². The molecule has 0 unspecified atom stereocenters. The number of ether oxygens (including phenoxy) is 1. The minimum atomic E-state index is -0.465. The van der Waals surface area contributed by atoms with Crippen molar-refractivity contribution in [1.29, 1.82) is 0 Å². The highest BCUT2D eigenvalue weighted by Gasteiger charge is 2.14. The Labute approximate surface area is 112 Å². The predicted octanol–water partition coefficient (Wildman–Crippen LogP) is 1.85. The fraction of sp³-hybridized carbons (Fsp3) is 0.462. The summed E-state index contributed by atoms with van der Waals surface area (Å²) >= 11 is 1.68. The lowest BCUT2D eigenvalue weighted by Crippen LogP contribution is -2.36. The minimum absolute atomic E-state index is 0.146. The summed E-state index contributed by atoms with van der Waals surface area (Å²) in [5.74, 6) is 0.738. The van der Waals surface area contributed by atoms with Crippen molar-refractivity contribution in [1.82, 2.24) is 0 Å². The molecular weight excluding hydrogens is 248 g/mol. The third-order valence-corrected chi connectivity index (χ3v) is 3.19. The first-order chi connectivity index (χ1) is 8.69. The maximum atomic E-state index is 11.9. The van der Waals surface area contributed by atoms with Crippen molar-refractivity contribution in [2.45, 2.75) is 19.1 Å². The van der Waals surface area contributed by atoms with Gasteiger partial charge in [-0.15, -0.1) is 0 Å². The van der Waals surface area contributed by atoms with Gasteiger partial charge in [0.15, 0.2) is 0 Å². The fourth-order valence-corrected chi connectivity index (χ4v) is 2.01. The van der Waals surface area contributed by atoms with Gasteiger partial charge in [-0.1, -0.05) is 18.2 Å². The second kappa shape index (κ2) is 8.13. The molecule has 3 N–H and O–H groups in total. The average molecular weight is 268 g/mol. The number of thioether (sulfide) groups is 1. The molecule has 5 heteroatoms. The first-order valence-electron chi connectivity index (χ1n) is 5.81.